The molecule has 0 radical (unpaired) electrons. The van der Waals surface area contributed by atoms with Gasteiger partial charge in [0.25, 0.3) is 11.8 Å². The number of amides is 2. The van der Waals surface area contributed by atoms with Crippen LogP contribution in [0.3, 0.4) is 0 Å². The van der Waals surface area contributed by atoms with Crippen LogP contribution in [0.4, 0.5) is 11.4 Å². The first-order chi connectivity index (χ1) is 20.3. The molecule has 0 aliphatic carbocycles. The minimum atomic E-state index is -0.443. The summed E-state index contributed by atoms with van der Waals surface area (Å²) < 4.78 is 11.1. The van der Waals surface area contributed by atoms with Gasteiger partial charge in [0.05, 0.1) is 45.5 Å². The van der Waals surface area contributed by atoms with Gasteiger partial charge in [-0.1, -0.05) is 87.5 Å². The van der Waals surface area contributed by atoms with Gasteiger partial charge >= 0.3 is 11.9 Å². The summed E-state index contributed by atoms with van der Waals surface area (Å²) in [6.45, 7) is 4.87. The molecule has 0 spiro atoms. The number of ether oxygens (including phenoxy) is 2. The molecular formula is C30H30N2O6S4. The van der Waals surface area contributed by atoms with E-state index in [1.54, 1.807) is 48.5 Å². The molecule has 0 bridgehead atoms. The average Bonchev–Trinajstić information content (AvgIpc) is 3.46. The monoisotopic (exact) mass is 642 g/mol. The Balaban J connectivity index is 1.45. The highest BCUT2D eigenvalue weighted by Gasteiger charge is 2.43. The Morgan fingerprint density at radius 2 is 1.00 bits per heavy atom. The van der Waals surface area contributed by atoms with Gasteiger partial charge in [0.2, 0.25) is 0 Å². The van der Waals surface area contributed by atoms with E-state index >= 15 is 0 Å². The van der Waals surface area contributed by atoms with Crippen molar-refractivity contribution >= 4 is 91.7 Å². The molecule has 2 aliphatic rings. The Labute approximate surface area is 264 Å². The predicted molar refractivity (Wildman–Crippen MR) is 175 cm³/mol. The summed E-state index contributed by atoms with van der Waals surface area (Å²) in [5.41, 5.74) is 1.69. The summed E-state index contributed by atoms with van der Waals surface area (Å²) in [4.78, 5) is 54.6. The van der Waals surface area contributed by atoms with Gasteiger partial charge in [-0.2, -0.15) is 0 Å². The van der Waals surface area contributed by atoms with Crippen LogP contribution in [0.25, 0.3) is 0 Å². The maximum absolute atomic E-state index is 13.5. The van der Waals surface area contributed by atoms with Crippen LogP contribution in [-0.4, -0.2) is 45.6 Å². The first kappa shape index (κ1) is 31.9. The maximum atomic E-state index is 13.5. The van der Waals surface area contributed by atoms with E-state index < -0.39 is 23.8 Å². The highest BCUT2D eigenvalue weighted by Crippen LogP contribution is 2.44. The minimum absolute atomic E-state index is 0.187. The molecule has 2 heterocycles. The minimum Gasteiger partial charge on any atom is -0.462 e. The van der Waals surface area contributed by atoms with Crippen LogP contribution in [0.1, 0.15) is 73.1 Å². The molecule has 0 unspecified atom stereocenters. The molecule has 0 atom stereocenters. The van der Waals surface area contributed by atoms with Gasteiger partial charge in [-0.3, -0.25) is 19.4 Å². The molecule has 8 nitrogen and oxygen atoms in total. The lowest BCUT2D eigenvalue weighted by atomic mass is 10.2. The molecular weight excluding hydrogens is 613 g/mol. The molecule has 4 rings (SSSR count). The second-order valence-electron chi connectivity index (χ2n) is 9.46. The van der Waals surface area contributed by atoms with Crippen molar-refractivity contribution in [2.45, 2.75) is 52.4 Å². The molecule has 220 valence electrons. The Kier molecular flexibility index (Phi) is 11.3. The van der Waals surface area contributed by atoms with Crippen LogP contribution in [0, 0.1) is 0 Å². The van der Waals surface area contributed by atoms with Crippen molar-refractivity contribution in [1.29, 1.82) is 0 Å². The first-order valence-electron chi connectivity index (χ1n) is 13.7. The normalized spacial score (nSPS) is 16.9. The third-order valence-electron chi connectivity index (χ3n) is 6.43. The number of rotatable bonds is 12. The van der Waals surface area contributed by atoms with Crippen molar-refractivity contribution in [2.75, 3.05) is 23.0 Å². The van der Waals surface area contributed by atoms with E-state index in [9.17, 15) is 19.2 Å². The van der Waals surface area contributed by atoms with E-state index in [1.165, 1.54) is 9.80 Å². The number of anilines is 2. The third-order valence-corrected chi connectivity index (χ3v) is 9.30. The molecule has 0 saturated carbocycles. The van der Waals surface area contributed by atoms with Gasteiger partial charge in [-0.15, -0.1) is 0 Å². The molecule has 2 saturated heterocycles. The van der Waals surface area contributed by atoms with Gasteiger partial charge in [-0.25, -0.2) is 9.59 Å². The summed E-state index contributed by atoms with van der Waals surface area (Å²) in [7, 11) is 0. The van der Waals surface area contributed by atoms with Crippen molar-refractivity contribution in [3.63, 3.8) is 0 Å². The van der Waals surface area contributed by atoms with Crippen molar-refractivity contribution in [3.8, 4) is 0 Å². The summed E-state index contributed by atoms with van der Waals surface area (Å²) in [6, 6.07) is 12.8. The zero-order chi connectivity index (χ0) is 30.2. The SMILES string of the molecule is CCCCCOC(=O)c1ccc(N2C(=O)C(=C3SC(=S)N(c4ccc(C(=O)OCCCCC)cc4)C3=O)SC2=S)cc1. The van der Waals surface area contributed by atoms with Crippen molar-refractivity contribution < 1.29 is 28.7 Å². The fourth-order valence-corrected chi connectivity index (χ4v) is 6.90. The van der Waals surface area contributed by atoms with Crippen LogP contribution in [0.2, 0.25) is 0 Å². The standard InChI is InChI=1S/C30H30N2O6S4/c1-3-5-7-17-37-27(35)19-9-13-21(14-10-19)31-25(33)23(41-29(31)39)24-26(34)32(30(40)42-24)22-15-11-20(12-16-22)28(36)38-18-8-6-4-2/h9-16H,3-8,17-18H2,1-2H3. The number of esters is 2. The summed E-state index contributed by atoms with van der Waals surface area (Å²) in [5.74, 6) is -1.74. The number of thioether (sulfide) groups is 2. The maximum Gasteiger partial charge on any atom is 0.338 e. The van der Waals surface area contributed by atoms with Crippen molar-refractivity contribution in [3.05, 3.63) is 69.5 Å². The zero-order valence-electron chi connectivity index (χ0n) is 23.3. The highest BCUT2D eigenvalue weighted by molar-refractivity contribution is 8.30. The number of nitrogens with zero attached hydrogens (tertiary/aromatic N) is 2. The van der Waals surface area contributed by atoms with Crippen LogP contribution in [0.5, 0.6) is 0 Å². The second-order valence-corrected chi connectivity index (χ2v) is 12.7. The lowest BCUT2D eigenvalue weighted by molar-refractivity contribution is -0.115. The van der Waals surface area contributed by atoms with Gasteiger partial charge in [-0.05, 0) is 61.4 Å². The number of carbonyl (C=O) groups excluding carboxylic acids is 4. The van der Waals surface area contributed by atoms with Gasteiger partial charge in [0.15, 0.2) is 8.64 Å². The molecule has 2 aromatic carbocycles. The summed E-state index contributed by atoms with van der Waals surface area (Å²) >= 11 is 13.0. The molecule has 42 heavy (non-hydrogen) atoms. The molecule has 2 amide bonds. The summed E-state index contributed by atoms with van der Waals surface area (Å²) in [5, 5.41) is 0. The van der Waals surface area contributed by atoms with Gasteiger partial charge in [0, 0.05) is 0 Å². The lowest BCUT2D eigenvalue weighted by Gasteiger charge is -2.15. The molecule has 2 aromatic rings. The van der Waals surface area contributed by atoms with E-state index in [0.717, 1.165) is 62.0 Å². The zero-order valence-corrected chi connectivity index (χ0v) is 26.5. The molecule has 0 aromatic heterocycles. The predicted octanol–water partition coefficient (Wildman–Crippen LogP) is 7.02. The van der Waals surface area contributed by atoms with Crippen molar-refractivity contribution in [2.24, 2.45) is 0 Å². The Hall–Kier alpha value is -3.06. The average molecular weight is 643 g/mol. The third kappa shape index (κ3) is 7.28. The Morgan fingerprint density at radius 3 is 1.33 bits per heavy atom. The van der Waals surface area contributed by atoms with E-state index in [4.69, 9.17) is 33.9 Å². The quantitative estimate of drug-likeness (QED) is 0.104. The van der Waals surface area contributed by atoms with E-state index in [1.807, 2.05) is 0 Å². The van der Waals surface area contributed by atoms with E-state index in [-0.39, 0.29) is 18.5 Å². The number of benzene rings is 2. The molecule has 0 N–H and O–H groups in total. The smallest absolute Gasteiger partial charge is 0.338 e. The number of carbonyl (C=O) groups is 4. The molecule has 2 aliphatic heterocycles. The van der Waals surface area contributed by atoms with Gasteiger partial charge < -0.3 is 9.47 Å². The molecule has 12 heteroatoms. The highest BCUT2D eigenvalue weighted by atomic mass is 32.2. The number of hydrogen-bond acceptors (Lipinski definition) is 10. The lowest BCUT2D eigenvalue weighted by Crippen LogP contribution is -2.29. The van der Waals surface area contributed by atoms with E-state index in [0.29, 0.717) is 35.7 Å². The number of unbranched alkanes of at least 4 members (excludes halogenated alkanes) is 4. The molecule has 2 fully saturated rings. The van der Waals surface area contributed by atoms with Crippen LogP contribution in [0.15, 0.2) is 58.3 Å². The van der Waals surface area contributed by atoms with E-state index in [2.05, 4.69) is 13.8 Å². The second kappa shape index (κ2) is 14.9. The largest absolute Gasteiger partial charge is 0.462 e. The van der Waals surface area contributed by atoms with Crippen LogP contribution >= 0.6 is 48.0 Å². The van der Waals surface area contributed by atoms with Crippen LogP contribution < -0.4 is 9.80 Å². The number of hydrogen-bond donors (Lipinski definition) is 0. The first-order valence-corrected chi connectivity index (χ1v) is 16.1. The summed E-state index contributed by atoms with van der Waals surface area (Å²) in [6.07, 6.45) is 5.66. The number of thiocarbonyl (C=S) groups is 2. The topological polar surface area (TPSA) is 93.2 Å². The Bertz CT molecular complexity index is 1310. The fourth-order valence-electron chi connectivity index (χ4n) is 4.15. The Morgan fingerprint density at radius 1 is 0.643 bits per heavy atom. The van der Waals surface area contributed by atoms with Crippen LogP contribution in [-0.2, 0) is 19.1 Å². The fraction of sp³-hybridized carbons (Fsp3) is 0.333. The van der Waals surface area contributed by atoms with Gasteiger partial charge in [0.1, 0.15) is 0 Å². The van der Waals surface area contributed by atoms with Crippen molar-refractivity contribution in [1.82, 2.24) is 0 Å².